The van der Waals surface area contributed by atoms with E-state index in [1.807, 2.05) is 24.3 Å². The van der Waals surface area contributed by atoms with Gasteiger partial charge in [0.25, 0.3) is 0 Å². The fourth-order valence-electron chi connectivity index (χ4n) is 2.08. The van der Waals surface area contributed by atoms with Crippen molar-refractivity contribution in [1.29, 1.82) is 0 Å². The summed E-state index contributed by atoms with van der Waals surface area (Å²) in [5, 5.41) is 15.0. The highest BCUT2D eigenvalue weighted by atomic mass is 16.4. The summed E-state index contributed by atoms with van der Waals surface area (Å²) in [7, 11) is 1.73. The molecule has 0 radical (unpaired) electrons. The average molecular weight is 253 g/mol. The molecule has 0 fully saturated rings. The van der Waals surface area contributed by atoms with Crippen LogP contribution in [0.15, 0.2) is 42.7 Å². The van der Waals surface area contributed by atoms with Gasteiger partial charge in [-0.3, -0.25) is 9.67 Å². The molecule has 0 aliphatic heterocycles. The van der Waals surface area contributed by atoms with Crippen LogP contribution in [0.2, 0.25) is 0 Å². The monoisotopic (exact) mass is 253 g/mol. The summed E-state index contributed by atoms with van der Waals surface area (Å²) in [5.74, 6) is -1.02. The number of aromatic nitrogens is 3. The number of hydrogen-bond donors (Lipinski definition) is 1. The Balaban J connectivity index is 2.16. The lowest BCUT2D eigenvalue weighted by Crippen LogP contribution is -1.99. The van der Waals surface area contributed by atoms with Gasteiger partial charge in [-0.15, -0.1) is 0 Å². The van der Waals surface area contributed by atoms with Crippen LogP contribution in [0.1, 0.15) is 10.5 Å². The Morgan fingerprint density at radius 2 is 2.05 bits per heavy atom. The van der Waals surface area contributed by atoms with Crippen LogP contribution in [0, 0.1) is 0 Å². The number of aryl methyl sites for hydroxylation is 1. The van der Waals surface area contributed by atoms with Crippen LogP contribution in [0.5, 0.6) is 0 Å². The minimum absolute atomic E-state index is 0.0484. The zero-order valence-electron chi connectivity index (χ0n) is 10.2. The molecule has 5 heteroatoms. The lowest BCUT2D eigenvalue weighted by atomic mass is 10.1. The van der Waals surface area contributed by atoms with E-state index < -0.39 is 5.97 Å². The van der Waals surface area contributed by atoms with Crippen molar-refractivity contribution in [2.75, 3.05) is 0 Å². The number of hydrogen-bond acceptors (Lipinski definition) is 3. The van der Waals surface area contributed by atoms with E-state index in [-0.39, 0.29) is 5.69 Å². The van der Waals surface area contributed by atoms with E-state index in [1.54, 1.807) is 30.2 Å². The first-order valence-electron chi connectivity index (χ1n) is 5.76. The molecule has 3 rings (SSSR count). The molecule has 5 nitrogen and oxygen atoms in total. The predicted octanol–water partition coefficient (Wildman–Crippen LogP) is 2.33. The molecule has 0 amide bonds. The van der Waals surface area contributed by atoms with Crippen molar-refractivity contribution in [3.63, 3.8) is 0 Å². The molecule has 0 saturated heterocycles. The Morgan fingerprint density at radius 1 is 1.21 bits per heavy atom. The van der Waals surface area contributed by atoms with E-state index in [4.69, 9.17) is 5.11 Å². The van der Waals surface area contributed by atoms with Gasteiger partial charge in [0.1, 0.15) is 0 Å². The Morgan fingerprint density at radius 3 is 2.79 bits per heavy atom. The number of carboxylic acids is 1. The van der Waals surface area contributed by atoms with Gasteiger partial charge >= 0.3 is 5.97 Å². The summed E-state index contributed by atoms with van der Waals surface area (Å²) in [6, 6.07) is 9.40. The predicted molar refractivity (Wildman–Crippen MR) is 70.9 cm³/mol. The van der Waals surface area contributed by atoms with Crippen molar-refractivity contribution in [3.8, 4) is 11.3 Å². The molecule has 2 aromatic heterocycles. The fraction of sp³-hybridized carbons (Fsp3) is 0.0714. The summed E-state index contributed by atoms with van der Waals surface area (Å²) in [6.07, 6.45) is 3.53. The van der Waals surface area contributed by atoms with Crippen molar-refractivity contribution in [3.05, 3.63) is 48.4 Å². The molecule has 0 unspecified atom stereocenters. The van der Waals surface area contributed by atoms with E-state index in [0.717, 1.165) is 22.0 Å². The van der Waals surface area contributed by atoms with Crippen LogP contribution in [-0.2, 0) is 7.05 Å². The number of rotatable bonds is 2. The fourth-order valence-corrected chi connectivity index (χ4v) is 2.08. The van der Waals surface area contributed by atoms with Gasteiger partial charge in [-0.1, -0.05) is 12.1 Å². The van der Waals surface area contributed by atoms with Crippen molar-refractivity contribution in [2.24, 2.45) is 7.05 Å². The summed E-state index contributed by atoms with van der Waals surface area (Å²) in [6.45, 7) is 0. The molecule has 0 spiro atoms. The molecule has 0 atom stereocenters. The molecule has 0 saturated carbocycles. The van der Waals surface area contributed by atoms with Crippen LogP contribution in [-0.4, -0.2) is 25.8 Å². The van der Waals surface area contributed by atoms with Crippen LogP contribution < -0.4 is 0 Å². The maximum absolute atomic E-state index is 10.9. The van der Waals surface area contributed by atoms with Crippen LogP contribution in [0.4, 0.5) is 0 Å². The molecule has 0 aliphatic carbocycles. The summed E-state index contributed by atoms with van der Waals surface area (Å²) in [5.41, 5.74) is 1.75. The third-order valence-corrected chi connectivity index (χ3v) is 3.04. The Labute approximate surface area is 109 Å². The van der Waals surface area contributed by atoms with Crippen molar-refractivity contribution < 1.29 is 9.90 Å². The highest BCUT2D eigenvalue weighted by Gasteiger charge is 2.12. The minimum atomic E-state index is -1.02. The third kappa shape index (κ3) is 1.95. The molecule has 19 heavy (non-hydrogen) atoms. The Bertz CT molecular complexity index is 777. The number of benzene rings is 1. The van der Waals surface area contributed by atoms with Crippen LogP contribution in [0.25, 0.3) is 22.0 Å². The molecular weight excluding hydrogens is 242 g/mol. The van der Waals surface area contributed by atoms with Crippen molar-refractivity contribution >= 4 is 16.7 Å². The molecule has 3 aromatic rings. The largest absolute Gasteiger partial charge is 0.476 e. The first kappa shape index (κ1) is 11.4. The molecular formula is C14H11N3O2. The van der Waals surface area contributed by atoms with E-state index in [9.17, 15) is 4.79 Å². The summed E-state index contributed by atoms with van der Waals surface area (Å²) < 4.78 is 1.58. The number of fused-ring (bicyclic) bond motifs is 1. The summed E-state index contributed by atoms with van der Waals surface area (Å²) >= 11 is 0. The first-order valence-corrected chi connectivity index (χ1v) is 5.76. The smallest absolute Gasteiger partial charge is 0.356 e. The number of carboxylic acid groups (broad SMARTS) is 1. The van der Waals surface area contributed by atoms with Gasteiger partial charge < -0.3 is 5.11 Å². The molecule has 0 aliphatic rings. The lowest BCUT2D eigenvalue weighted by Gasteiger charge is -2.03. The van der Waals surface area contributed by atoms with Gasteiger partial charge in [-0.25, -0.2) is 4.79 Å². The maximum atomic E-state index is 10.9. The van der Waals surface area contributed by atoms with Gasteiger partial charge in [0.2, 0.25) is 0 Å². The molecule has 2 heterocycles. The minimum Gasteiger partial charge on any atom is -0.476 e. The SMILES string of the molecule is Cn1nc(C(=O)O)cc1-c1ccc2cnccc2c1. The van der Waals surface area contributed by atoms with Crippen molar-refractivity contribution in [2.45, 2.75) is 0 Å². The molecule has 1 aromatic carbocycles. The van der Waals surface area contributed by atoms with Gasteiger partial charge in [0.15, 0.2) is 5.69 Å². The second-order valence-electron chi connectivity index (χ2n) is 4.28. The maximum Gasteiger partial charge on any atom is 0.356 e. The highest BCUT2D eigenvalue weighted by Crippen LogP contribution is 2.24. The lowest BCUT2D eigenvalue weighted by molar-refractivity contribution is 0.0689. The number of carbonyl (C=O) groups is 1. The van der Waals surface area contributed by atoms with Gasteiger partial charge in [0.05, 0.1) is 5.69 Å². The van der Waals surface area contributed by atoms with Crippen LogP contribution in [0.3, 0.4) is 0 Å². The van der Waals surface area contributed by atoms with Gasteiger partial charge in [-0.05, 0) is 23.6 Å². The number of pyridine rings is 1. The zero-order chi connectivity index (χ0) is 13.4. The molecule has 1 N–H and O–H groups in total. The average Bonchev–Trinajstić information content (AvgIpc) is 2.80. The van der Waals surface area contributed by atoms with Crippen molar-refractivity contribution in [1.82, 2.24) is 14.8 Å². The van der Waals surface area contributed by atoms with Crippen LogP contribution >= 0.6 is 0 Å². The zero-order valence-corrected chi connectivity index (χ0v) is 10.2. The topological polar surface area (TPSA) is 68.0 Å². The van der Waals surface area contributed by atoms with E-state index in [0.29, 0.717) is 0 Å². The van der Waals surface area contributed by atoms with E-state index in [1.165, 1.54) is 0 Å². The standard InChI is InChI=1S/C14H11N3O2/c1-17-13(7-12(16-17)14(18)19)10-2-3-11-8-15-5-4-9(11)6-10/h2-8H,1H3,(H,18,19). The molecule has 94 valence electrons. The number of aromatic carboxylic acids is 1. The van der Waals surface area contributed by atoms with E-state index >= 15 is 0 Å². The van der Waals surface area contributed by atoms with Gasteiger partial charge in [-0.2, -0.15) is 5.10 Å². The highest BCUT2D eigenvalue weighted by molar-refractivity contribution is 5.89. The van der Waals surface area contributed by atoms with Gasteiger partial charge in [0, 0.05) is 30.4 Å². The Hall–Kier alpha value is -2.69. The second-order valence-corrected chi connectivity index (χ2v) is 4.28. The Kier molecular flexibility index (Phi) is 2.52. The normalized spacial score (nSPS) is 10.8. The first-order chi connectivity index (χ1) is 9.15. The quantitative estimate of drug-likeness (QED) is 0.761. The van der Waals surface area contributed by atoms with E-state index in [2.05, 4.69) is 10.1 Å². The summed E-state index contributed by atoms with van der Waals surface area (Å²) in [4.78, 5) is 15.0. The second kappa shape index (κ2) is 4.20. The third-order valence-electron chi connectivity index (χ3n) is 3.04. The molecule has 0 bridgehead atoms. The number of nitrogens with zero attached hydrogens (tertiary/aromatic N) is 3.